The molecule has 0 saturated heterocycles. The van der Waals surface area contributed by atoms with Crippen LogP contribution < -0.4 is 10.4 Å². The summed E-state index contributed by atoms with van der Waals surface area (Å²) in [6.07, 6.45) is 1.73. The molecule has 1 N–H and O–H groups in total. The lowest BCUT2D eigenvalue weighted by atomic mass is 9.80. The molecular formula is C32H38O6Si. The highest BCUT2D eigenvalue weighted by atomic mass is 28.4. The second-order valence-corrected chi connectivity index (χ2v) is 14.8. The van der Waals surface area contributed by atoms with Gasteiger partial charge in [0.2, 0.25) is 0 Å². The van der Waals surface area contributed by atoms with E-state index in [9.17, 15) is 14.7 Å². The highest BCUT2D eigenvalue weighted by molar-refractivity contribution is 6.99. The summed E-state index contributed by atoms with van der Waals surface area (Å²) in [6.45, 7) is 6.43. The van der Waals surface area contributed by atoms with Crippen molar-refractivity contribution in [3.63, 3.8) is 0 Å². The minimum absolute atomic E-state index is 0.0198. The maximum absolute atomic E-state index is 13.0. The predicted molar refractivity (Wildman–Crippen MR) is 155 cm³/mol. The van der Waals surface area contributed by atoms with E-state index in [0.29, 0.717) is 0 Å². The summed E-state index contributed by atoms with van der Waals surface area (Å²) in [6, 6.07) is 29.4. The molecule has 3 rings (SSSR count). The first kappa shape index (κ1) is 30.0. The van der Waals surface area contributed by atoms with Crippen LogP contribution in [0.25, 0.3) is 0 Å². The van der Waals surface area contributed by atoms with Gasteiger partial charge in [0.25, 0.3) is 8.32 Å². The first-order valence-corrected chi connectivity index (χ1v) is 14.8. The van der Waals surface area contributed by atoms with Crippen molar-refractivity contribution < 1.29 is 28.6 Å². The fraction of sp³-hybridized carbons (Fsp3) is 0.312. The third kappa shape index (κ3) is 6.56. The topological polar surface area (TPSA) is 82.1 Å². The number of methoxy groups -OCH3 is 2. The lowest BCUT2D eigenvalue weighted by molar-refractivity contribution is -0.165. The van der Waals surface area contributed by atoms with Gasteiger partial charge in [-0.2, -0.15) is 0 Å². The van der Waals surface area contributed by atoms with Gasteiger partial charge in [-0.3, -0.25) is 9.59 Å². The maximum atomic E-state index is 13.0. The fourth-order valence-electron chi connectivity index (χ4n) is 5.01. The summed E-state index contributed by atoms with van der Waals surface area (Å²) >= 11 is 0. The van der Waals surface area contributed by atoms with Gasteiger partial charge in [-0.1, -0.05) is 124 Å². The second-order valence-electron chi connectivity index (χ2n) is 10.5. The van der Waals surface area contributed by atoms with Crippen molar-refractivity contribution in [1.29, 1.82) is 0 Å². The number of carbonyl (C=O) groups excluding carboxylic acids is 2. The predicted octanol–water partition coefficient (Wildman–Crippen LogP) is 4.06. The molecular weight excluding hydrogens is 508 g/mol. The Balaban J connectivity index is 1.98. The summed E-state index contributed by atoms with van der Waals surface area (Å²) in [5, 5.41) is 13.0. The zero-order valence-electron chi connectivity index (χ0n) is 23.3. The van der Waals surface area contributed by atoms with Gasteiger partial charge in [0.05, 0.1) is 26.9 Å². The highest BCUT2D eigenvalue weighted by Gasteiger charge is 2.50. The molecule has 0 amide bonds. The average molecular weight is 547 g/mol. The third-order valence-corrected chi connectivity index (χ3v) is 11.9. The maximum Gasteiger partial charge on any atom is 0.327 e. The minimum atomic E-state index is -2.88. The Morgan fingerprint density at radius 3 is 1.64 bits per heavy atom. The Hall–Kier alpha value is -3.52. The Labute approximate surface area is 232 Å². The summed E-state index contributed by atoms with van der Waals surface area (Å²) in [7, 11) is -0.435. The third-order valence-electron chi connectivity index (χ3n) is 6.92. The standard InChI is InChI=1S/C32H38O6Si/c1-31(2,3)39(27-17-11-7-12-18-27,28-19-13-8-14-20-28)38-24-26(33)21-22-32(29(34)36-4,30(35)37-5)23-25-15-9-6-10-16-25/h6-22,26,33H,23-24H2,1-5H3/b22-21+/t26-/m0/s1. The van der Waals surface area contributed by atoms with E-state index in [4.69, 9.17) is 13.9 Å². The molecule has 7 heteroatoms. The van der Waals surface area contributed by atoms with Gasteiger partial charge in [-0.05, 0) is 21.0 Å². The number of ether oxygens (including phenoxy) is 2. The number of aliphatic hydroxyl groups is 1. The van der Waals surface area contributed by atoms with Gasteiger partial charge in [0, 0.05) is 6.42 Å². The van der Waals surface area contributed by atoms with Crippen LogP contribution >= 0.6 is 0 Å². The molecule has 0 aliphatic carbocycles. The van der Waals surface area contributed by atoms with Crippen molar-refractivity contribution in [2.75, 3.05) is 20.8 Å². The average Bonchev–Trinajstić information content (AvgIpc) is 2.95. The number of hydrogen-bond donors (Lipinski definition) is 1. The molecule has 0 aromatic heterocycles. The molecule has 0 bridgehead atoms. The molecule has 0 aliphatic heterocycles. The normalized spacial score (nSPS) is 13.2. The Bertz CT molecular complexity index is 1180. The summed E-state index contributed by atoms with van der Waals surface area (Å²) in [5.74, 6) is -1.54. The van der Waals surface area contributed by atoms with Crippen molar-refractivity contribution in [2.45, 2.75) is 38.3 Å². The van der Waals surface area contributed by atoms with E-state index in [0.717, 1.165) is 15.9 Å². The number of carbonyl (C=O) groups is 2. The Morgan fingerprint density at radius 2 is 1.23 bits per heavy atom. The van der Waals surface area contributed by atoms with Crippen LogP contribution in [-0.2, 0) is 29.9 Å². The largest absolute Gasteiger partial charge is 0.468 e. The van der Waals surface area contributed by atoms with Gasteiger partial charge in [0.1, 0.15) is 0 Å². The van der Waals surface area contributed by atoms with Crippen molar-refractivity contribution in [3.8, 4) is 0 Å². The molecule has 1 atom stereocenters. The van der Waals surface area contributed by atoms with E-state index < -0.39 is 31.8 Å². The van der Waals surface area contributed by atoms with Gasteiger partial charge in [0.15, 0.2) is 5.41 Å². The van der Waals surface area contributed by atoms with E-state index >= 15 is 0 Å². The smallest absolute Gasteiger partial charge is 0.327 e. The molecule has 0 heterocycles. The zero-order valence-corrected chi connectivity index (χ0v) is 24.3. The van der Waals surface area contributed by atoms with Crippen LogP contribution in [0.5, 0.6) is 0 Å². The monoisotopic (exact) mass is 546 g/mol. The molecule has 3 aromatic carbocycles. The van der Waals surface area contributed by atoms with Gasteiger partial charge in [-0.15, -0.1) is 0 Å². The van der Waals surface area contributed by atoms with Crippen LogP contribution in [-0.4, -0.2) is 52.3 Å². The number of aliphatic hydroxyl groups excluding tert-OH is 1. The van der Waals surface area contributed by atoms with E-state index in [2.05, 4.69) is 45.0 Å². The molecule has 0 fully saturated rings. The van der Waals surface area contributed by atoms with Crippen LogP contribution in [0.2, 0.25) is 5.04 Å². The van der Waals surface area contributed by atoms with E-state index in [1.807, 2.05) is 66.7 Å². The molecule has 0 unspecified atom stereocenters. The zero-order chi connectivity index (χ0) is 28.5. The SMILES string of the molecule is COC(=O)C(/C=C/[C@H](O)CO[Si](c1ccccc1)(c1ccccc1)C(C)(C)C)(Cc1ccccc1)C(=O)OC. The van der Waals surface area contributed by atoms with Crippen LogP contribution in [0.15, 0.2) is 103 Å². The van der Waals surface area contributed by atoms with Crippen molar-refractivity contribution in [1.82, 2.24) is 0 Å². The highest BCUT2D eigenvalue weighted by Crippen LogP contribution is 2.37. The van der Waals surface area contributed by atoms with Gasteiger partial charge < -0.3 is 19.0 Å². The molecule has 0 aliphatic rings. The van der Waals surface area contributed by atoms with E-state index in [-0.39, 0.29) is 18.1 Å². The summed E-state index contributed by atoms with van der Waals surface area (Å²) < 4.78 is 16.8. The second kappa shape index (κ2) is 13.0. The first-order valence-electron chi connectivity index (χ1n) is 12.9. The first-order chi connectivity index (χ1) is 18.6. The number of esters is 2. The van der Waals surface area contributed by atoms with E-state index in [1.165, 1.54) is 26.4 Å². The quantitative estimate of drug-likeness (QED) is 0.169. The minimum Gasteiger partial charge on any atom is -0.468 e. The molecule has 6 nitrogen and oxygen atoms in total. The van der Waals surface area contributed by atoms with Crippen LogP contribution in [0.3, 0.4) is 0 Å². The van der Waals surface area contributed by atoms with Gasteiger partial charge in [-0.25, -0.2) is 0 Å². The lowest BCUT2D eigenvalue weighted by Gasteiger charge is -2.43. The fourth-order valence-corrected chi connectivity index (χ4v) is 9.58. The lowest BCUT2D eigenvalue weighted by Crippen LogP contribution is -2.67. The molecule has 3 aromatic rings. The molecule has 0 radical (unpaired) electrons. The number of benzene rings is 3. The Morgan fingerprint density at radius 1 is 0.795 bits per heavy atom. The molecule has 0 saturated carbocycles. The van der Waals surface area contributed by atoms with Crippen molar-refractivity contribution >= 4 is 30.6 Å². The molecule has 0 spiro atoms. The summed E-state index contributed by atoms with van der Waals surface area (Å²) in [5.41, 5.74) is -1.01. The van der Waals surface area contributed by atoms with Crippen LogP contribution in [0.4, 0.5) is 0 Å². The number of rotatable bonds is 11. The summed E-state index contributed by atoms with van der Waals surface area (Å²) in [4.78, 5) is 26.0. The Kier molecular flexibility index (Phi) is 10.0. The molecule has 206 valence electrons. The van der Waals surface area contributed by atoms with Crippen molar-refractivity contribution in [3.05, 3.63) is 109 Å². The van der Waals surface area contributed by atoms with Gasteiger partial charge >= 0.3 is 11.9 Å². The molecule has 39 heavy (non-hydrogen) atoms. The van der Waals surface area contributed by atoms with Crippen LogP contribution in [0, 0.1) is 5.41 Å². The number of hydrogen-bond acceptors (Lipinski definition) is 6. The van der Waals surface area contributed by atoms with Crippen LogP contribution in [0.1, 0.15) is 26.3 Å². The van der Waals surface area contributed by atoms with E-state index in [1.54, 1.807) is 0 Å². The van der Waals surface area contributed by atoms with Crippen molar-refractivity contribution in [2.24, 2.45) is 5.41 Å².